The Morgan fingerprint density at radius 3 is 2.47 bits per heavy atom. The molecular weight excluding hydrogens is 541 g/mol. The molecule has 34 heavy (non-hydrogen) atoms. The Morgan fingerprint density at radius 1 is 1.09 bits per heavy atom. The van der Waals surface area contributed by atoms with Gasteiger partial charge in [-0.25, -0.2) is 17.9 Å². The van der Waals surface area contributed by atoms with Crippen molar-refractivity contribution in [2.45, 2.75) is 17.5 Å². The molecule has 0 saturated carbocycles. The van der Waals surface area contributed by atoms with Gasteiger partial charge in [0.1, 0.15) is 0 Å². The first-order valence-corrected chi connectivity index (χ1v) is 12.6. The largest absolute Gasteiger partial charge is 0.511 e. The Kier molecular flexibility index (Phi) is 5.33. The molecule has 5 rings (SSSR count). The highest BCUT2D eigenvalue weighted by molar-refractivity contribution is 9.09. The zero-order valence-electron chi connectivity index (χ0n) is 17.7. The van der Waals surface area contributed by atoms with Crippen LogP contribution in [0.2, 0.25) is 0 Å². The third-order valence-corrected chi connectivity index (χ3v) is 7.79. The van der Waals surface area contributed by atoms with Crippen molar-refractivity contribution in [3.63, 3.8) is 0 Å². The fourth-order valence-electron chi connectivity index (χ4n) is 4.06. The van der Waals surface area contributed by atoms with E-state index >= 15 is 0 Å². The first kappa shape index (κ1) is 23.0. The summed E-state index contributed by atoms with van der Waals surface area (Å²) in [6.07, 6.45) is 10.6. The average Bonchev–Trinajstić information content (AvgIpc) is 3.49. The number of halogens is 4. The molecule has 0 unspecified atom stereocenters. The smallest absolute Gasteiger partial charge is 0.275 e. The van der Waals surface area contributed by atoms with Crippen LogP contribution in [-0.4, -0.2) is 70.8 Å². The van der Waals surface area contributed by atoms with E-state index in [4.69, 9.17) is 4.98 Å². The van der Waals surface area contributed by atoms with E-state index < -0.39 is 21.1 Å². The van der Waals surface area contributed by atoms with Crippen molar-refractivity contribution in [1.29, 1.82) is 0 Å². The SMILES string of the molecule is Cn1cc(-c2cn3nccc3c(-c3cnn(C4(CCBr)CN(S(=O)(=O)C(F)(F)F)C4)c3)n2)cn1. The number of aromatic nitrogens is 7. The van der Waals surface area contributed by atoms with Crippen molar-refractivity contribution >= 4 is 31.5 Å². The van der Waals surface area contributed by atoms with Crippen molar-refractivity contribution in [3.05, 3.63) is 43.2 Å². The lowest BCUT2D eigenvalue weighted by molar-refractivity contribution is -0.0569. The molecule has 1 fully saturated rings. The highest BCUT2D eigenvalue weighted by atomic mass is 79.9. The van der Waals surface area contributed by atoms with Gasteiger partial charge in [0, 0.05) is 49.0 Å². The Labute approximate surface area is 200 Å². The van der Waals surface area contributed by atoms with Crippen molar-refractivity contribution in [2.75, 3.05) is 18.4 Å². The van der Waals surface area contributed by atoms with Gasteiger partial charge in [-0.3, -0.25) is 9.36 Å². The minimum Gasteiger partial charge on any atom is -0.275 e. The molecule has 4 aromatic heterocycles. The number of fused-ring (bicyclic) bond motifs is 1. The van der Waals surface area contributed by atoms with Gasteiger partial charge in [-0.05, 0) is 12.5 Å². The van der Waals surface area contributed by atoms with E-state index in [-0.39, 0.29) is 13.1 Å². The summed E-state index contributed by atoms with van der Waals surface area (Å²) in [6, 6.07) is 1.79. The number of sulfonamides is 1. The number of aryl methyl sites for hydroxylation is 1. The molecule has 1 aliphatic heterocycles. The predicted molar refractivity (Wildman–Crippen MR) is 119 cm³/mol. The van der Waals surface area contributed by atoms with Gasteiger partial charge in [-0.2, -0.15) is 32.8 Å². The zero-order chi connectivity index (χ0) is 24.3. The summed E-state index contributed by atoms with van der Waals surface area (Å²) in [5.74, 6) is 0. The van der Waals surface area contributed by atoms with Gasteiger partial charge in [0.25, 0.3) is 0 Å². The normalized spacial score (nSPS) is 16.7. The molecule has 0 aliphatic carbocycles. The first-order chi connectivity index (χ1) is 16.0. The lowest BCUT2D eigenvalue weighted by Crippen LogP contribution is -2.66. The number of rotatable bonds is 6. The number of nitrogens with zero attached hydrogens (tertiary/aromatic N) is 8. The zero-order valence-corrected chi connectivity index (χ0v) is 20.1. The van der Waals surface area contributed by atoms with Crippen LogP contribution >= 0.6 is 15.9 Å². The summed E-state index contributed by atoms with van der Waals surface area (Å²) in [5, 5.41) is 13.3. The van der Waals surface area contributed by atoms with Crippen LogP contribution in [0.25, 0.3) is 28.0 Å². The van der Waals surface area contributed by atoms with Gasteiger partial charge in [0.15, 0.2) is 0 Å². The molecule has 1 aliphatic rings. The fourth-order valence-corrected chi connectivity index (χ4v) is 5.91. The van der Waals surface area contributed by atoms with E-state index in [2.05, 4.69) is 31.2 Å². The summed E-state index contributed by atoms with van der Waals surface area (Å²) >= 11 is 3.32. The number of alkyl halides is 4. The fraction of sp³-hybridized carbons (Fsp3) is 0.368. The maximum atomic E-state index is 13.0. The standard InChI is InChI=1S/C19H18BrF3N8O2S/c1-28-8-13(6-25-28)15-10-30-16(2-5-24-30)17(27-15)14-7-26-31(9-14)18(3-4-20)11-29(12-18)34(32,33)19(21,22)23/h2,5-10H,3-4,11-12H2,1H3. The molecule has 0 radical (unpaired) electrons. The van der Waals surface area contributed by atoms with Crippen molar-refractivity contribution in [1.82, 2.24) is 38.5 Å². The number of hydrogen-bond acceptors (Lipinski definition) is 6. The van der Waals surface area contributed by atoms with Crippen molar-refractivity contribution in [2.24, 2.45) is 7.05 Å². The molecule has 0 spiro atoms. The summed E-state index contributed by atoms with van der Waals surface area (Å²) in [4.78, 5) is 4.77. The monoisotopic (exact) mass is 558 g/mol. The number of hydrogen-bond donors (Lipinski definition) is 0. The van der Waals surface area contributed by atoms with Crippen LogP contribution in [0.5, 0.6) is 0 Å². The summed E-state index contributed by atoms with van der Waals surface area (Å²) < 4.78 is 67.9. The van der Waals surface area contributed by atoms with Gasteiger partial charge in [-0.15, -0.1) is 0 Å². The second kappa shape index (κ2) is 7.88. The van der Waals surface area contributed by atoms with Crippen LogP contribution < -0.4 is 0 Å². The highest BCUT2D eigenvalue weighted by Crippen LogP contribution is 2.40. The summed E-state index contributed by atoms with van der Waals surface area (Å²) in [7, 11) is -3.60. The Bertz CT molecular complexity index is 1470. The molecule has 4 aromatic rings. The van der Waals surface area contributed by atoms with Crippen LogP contribution in [0.1, 0.15) is 6.42 Å². The van der Waals surface area contributed by atoms with Gasteiger partial charge >= 0.3 is 15.5 Å². The topological polar surface area (TPSA) is 103 Å². The Hall–Kier alpha value is -2.78. The van der Waals surface area contributed by atoms with E-state index in [0.29, 0.717) is 33.0 Å². The molecule has 15 heteroatoms. The van der Waals surface area contributed by atoms with Crippen molar-refractivity contribution < 1.29 is 21.6 Å². The molecule has 0 amide bonds. The van der Waals surface area contributed by atoms with Crippen LogP contribution in [0.15, 0.2) is 43.2 Å². The lowest BCUT2D eigenvalue weighted by Gasteiger charge is -2.48. The van der Waals surface area contributed by atoms with Crippen LogP contribution in [-0.2, 0) is 22.6 Å². The van der Waals surface area contributed by atoms with Crippen molar-refractivity contribution in [3.8, 4) is 22.5 Å². The van der Waals surface area contributed by atoms with E-state index in [9.17, 15) is 21.6 Å². The first-order valence-electron chi connectivity index (χ1n) is 10.1. The predicted octanol–water partition coefficient (Wildman–Crippen LogP) is 2.64. The minimum atomic E-state index is -5.39. The molecular formula is C19H18BrF3N8O2S. The highest BCUT2D eigenvalue weighted by Gasteiger charge is 2.58. The van der Waals surface area contributed by atoms with E-state index in [1.54, 1.807) is 53.3 Å². The Balaban J connectivity index is 1.52. The van der Waals surface area contributed by atoms with Gasteiger partial charge in [0.2, 0.25) is 0 Å². The van der Waals surface area contributed by atoms with E-state index in [0.717, 1.165) is 11.1 Å². The molecule has 0 bridgehead atoms. The second-order valence-electron chi connectivity index (χ2n) is 8.09. The quantitative estimate of drug-likeness (QED) is 0.337. The van der Waals surface area contributed by atoms with E-state index in [1.165, 1.54) is 4.68 Å². The average molecular weight is 559 g/mol. The molecule has 0 aromatic carbocycles. The molecule has 5 heterocycles. The summed E-state index contributed by atoms with van der Waals surface area (Å²) in [6.45, 7) is -0.653. The Morgan fingerprint density at radius 2 is 1.82 bits per heavy atom. The lowest BCUT2D eigenvalue weighted by atomic mass is 9.89. The van der Waals surface area contributed by atoms with Crippen LogP contribution in [0, 0.1) is 0 Å². The third kappa shape index (κ3) is 3.62. The van der Waals surface area contributed by atoms with Crippen LogP contribution in [0.3, 0.4) is 0 Å². The molecule has 0 N–H and O–H groups in total. The van der Waals surface area contributed by atoms with Gasteiger partial charge in [0.05, 0.1) is 47.2 Å². The molecule has 0 atom stereocenters. The van der Waals surface area contributed by atoms with Crippen LogP contribution in [0.4, 0.5) is 13.2 Å². The molecule has 10 nitrogen and oxygen atoms in total. The van der Waals surface area contributed by atoms with E-state index in [1.807, 2.05) is 6.20 Å². The third-order valence-electron chi connectivity index (χ3n) is 5.87. The minimum absolute atomic E-state index is 0.327. The second-order valence-corrected chi connectivity index (χ2v) is 10.8. The molecule has 180 valence electrons. The maximum absolute atomic E-state index is 13.0. The summed E-state index contributed by atoms with van der Waals surface area (Å²) in [5.41, 5.74) is -2.90. The van der Waals surface area contributed by atoms with Gasteiger partial charge in [-0.1, -0.05) is 15.9 Å². The van der Waals surface area contributed by atoms with Gasteiger partial charge < -0.3 is 0 Å². The maximum Gasteiger partial charge on any atom is 0.511 e. The molecule has 1 saturated heterocycles.